The Bertz CT molecular complexity index is 760. The van der Waals surface area contributed by atoms with Crippen LogP contribution in [0.25, 0.3) is 0 Å². The molecule has 0 bridgehead atoms. The highest BCUT2D eigenvalue weighted by atomic mass is 32.2. The zero-order valence-electron chi connectivity index (χ0n) is 10.1. The summed E-state index contributed by atoms with van der Waals surface area (Å²) in [5.74, 6) is -3.24. The Morgan fingerprint density at radius 3 is 2.15 bits per heavy atom. The van der Waals surface area contributed by atoms with Gasteiger partial charge in [-0.1, -0.05) is 6.07 Å². The number of hydrogen-bond acceptors (Lipinski definition) is 3. The molecule has 2 N–H and O–H groups in total. The Labute approximate surface area is 113 Å². The lowest BCUT2D eigenvalue weighted by Crippen LogP contribution is -2.09. The van der Waals surface area contributed by atoms with E-state index in [4.69, 9.17) is 5.73 Å². The molecule has 0 unspecified atom stereocenters. The topological polar surface area (TPSA) is 60.2 Å². The van der Waals surface area contributed by atoms with Gasteiger partial charge < -0.3 is 5.73 Å². The van der Waals surface area contributed by atoms with E-state index in [2.05, 4.69) is 0 Å². The molecule has 0 aromatic heterocycles. The number of rotatable bonds is 3. The van der Waals surface area contributed by atoms with Crippen molar-refractivity contribution in [3.05, 3.63) is 59.4 Å². The van der Waals surface area contributed by atoms with E-state index in [-0.39, 0.29) is 11.3 Å². The van der Waals surface area contributed by atoms with Gasteiger partial charge >= 0.3 is 0 Å². The molecule has 0 amide bonds. The van der Waals surface area contributed by atoms with Crippen LogP contribution < -0.4 is 5.73 Å². The number of hydrogen-bond donors (Lipinski definition) is 1. The molecule has 0 spiro atoms. The van der Waals surface area contributed by atoms with Gasteiger partial charge in [-0.25, -0.2) is 21.6 Å². The van der Waals surface area contributed by atoms with E-state index in [9.17, 15) is 21.6 Å². The van der Waals surface area contributed by atoms with Crippen LogP contribution in [-0.4, -0.2) is 8.42 Å². The first kappa shape index (κ1) is 14.4. The Morgan fingerprint density at radius 2 is 1.55 bits per heavy atom. The van der Waals surface area contributed by atoms with E-state index in [0.717, 1.165) is 24.3 Å². The summed E-state index contributed by atoms with van der Waals surface area (Å²) in [6, 6.07) is 5.43. The van der Waals surface area contributed by atoms with E-state index in [1.54, 1.807) is 0 Å². The molecular formula is C13H10F3NO2S. The van der Waals surface area contributed by atoms with Crippen LogP contribution in [0.1, 0.15) is 5.56 Å². The fraction of sp³-hybridized carbons (Fsp3) is 0.0769. The minimum absolute atomic E-state index is 0.0453. The van der Waals surface area contributed by atoms with Crippen LogP contribution in [0.2, 0.25) is 0 Å². The predicted molar refractivity (Wildman–Crippen MR) is 68.1 cm³/mol. The SMILES string of the molecule is Nc1cc(F)ccc1CS(=O)(=O)c1ccc(F)cc1F. The molecule has 3 nitrogen and oxygen atoms in total. The van der Waals surface area contributed by atoms with Crippen molar-refractivity contribution in [3.63, 3.8) is 0 Å². The number of benzene rings is 2. The number of nitrogen functional groups attached to an aromatic ring is 1. The summed E-state index contributed by atoms with van der Waals surface area (Å²) in [4.78, 5) is -0.623. The maximum Gasteiger partial charge on any atom is 0.185 e. The zero-order valence-corrected chi connectivity index (χ0v) is 10.9. The fourth-order valence-electron chi connectivity index (χ4n) is 1.71. The number of nitrogens with two attached hydrogens (primary N) is 1. The third-order valence-electron chi connectivity index (χ3n) is 2.68. The molecular weight excluding hydrogens is 291 g/mol. The fourth-order valence-corrected chi connectivity index (χ4v) is 3.17. The first-order valence-corrected chi connectivity index (χ1v) is 7.16. The van der Waals surface area contributed by atoms with Gasteiger partial charge in [0.05, 0.1) is 5.75 Å². The summed E-state index contributed by atoms with van der Waals surface area (Å²) in [5, 5.41) is 0. The highest BCUT2D eigenvalue weighted by Gasteiger charge is 2.21. The number of sulfone groups is 1. The van der Waals surface area contributed by atoms with Crippen molar-refractivity contribution in [2.24, 2.45) is 0 Å². The zero-order chi connectivity index (χ0) is 14.9. The van der Waals surface area contributed by atoms with Crippen molar-refractivity contribution in [2.75, 3.05) is 5.73 Å². The van der Waals surface area contributed by atoms with Gasteiger partial charge in [0.1, 0.15) is 22.3 Å². The molecule has 0 aliphatic heterocycles. The summed E-state index contributed by atoms with van der Waals surface area (Å²) in [7, 11) is -4.04. The summed E-state index contributed by atoms with van der Waals surface area (Å²) in [6.07, 6.45) is 0. The average Bonchev–Trinajstić information content (AvgIpc) is 2.32. The van der Waals surface area contributed by atoms with Gasteiger partial charge in [0.2, 0.25) is 0 Å². The third-order valence-corrected chi connectivity index (χ3v) is 4.37. The minimum atomic E-state index is -4.04. The van der Waals surface area contributed by atoms with Crippen molar-refractivity contribution in [1.82, 2.24) is 0 Å². The Hall–Kier alpha value is -2.02. The second-order valence-corrected chi connectivity index (χ2v) is 6.13. The number of anilines is 1. The average molecular weight is 301 g/mol. The smallest absolute Gasteiger partial charge is 0.185 e. The van der Waals surface area contributed by atoms with Crippen molar-refractivity contribution >= 4 is 15.5 Å². The molecule has 20 heavy (non-hydrogen) atoms. The highest BCUT2D eigenvalue weighted by molar-refractivity contribution is 7.90. The molecule has 0 radical (unpaired) electrons. The van der Waals surface area contributed by atoms with Gasteiger partial charge in [-0.15, -0.1) is 0 Å². The predicted octanol–water partition coefficient (Wildman–Crippen LogP) is 2.66. The van der Waals surface area contributed by atoms with Crippen LogP contribution in [0.15, 0.2) is 41.3 Å². The van der Waals surface area contributed by atoms with Crippen LogP contribution in [0.4, 0.5) is 18.9 Å². The van der Waals surface area contributed by atoms with Crippen molar-refractivity contribution < 1.29 is 21.6 Å². The molecule has 0 fully saturated rings. The maximum absolute atomic E-state index is 13.5. The van der Waals surface area contributed by atoms with E-state index < -0.39 is 37.9 Å². The molecule has 0 atom stereocenters. The quantitative estimate of drug-likeness (QED) is 0.700. The van der Waals surface area contributed by atoms with Gasteiger partial charge in [-0.3, -0.25) is 0 Å². The van der Waals surface area contributed by atoms with Crippen LogP contribution in [0.3, 0.4) is 0 Å². The molecule has 2 aromatic rings. The lowest BCUT2D eigenvalue weighted by molar-refractivity contribution is 0.548. The van der Waals surface area contributed by atoms with Gasteiger partial charge in [0.15, 0.2) is 9.84 Å². The summed E-state index contributed by atoms with van der Waals surface area (Å²) < 4.78 is 63.3. The molecule has 0 aliphatic carbocycles. The molecule has 0 aliphatic rings. The van der Waals surface area contributed by atoms with Crippen LogP contribution >= 0.6 is 0 Å². The van der Waals surface area contributed by atoms with Gasteiger partial charge in [-0.2, -0.15) is 0 Å². The standard InChI is InChI=1S/C13H10F3NO2S/c14-9-3-4-13(11(16)5-9)20(18,19)7-8-1-2-10(15)6-12(8)17/h1-6H,7,17H2. The molecule has 0 saturated heterocycles. The second-order valence-electron chi connectivity index (χ2n) is 4.18. The molecule has 2 aromatic carbocycles. The normalized spacial score (nSPS) is 11.6. The molecule has 0 heterocycles. The molecule has 7 heteroatoms. The molecule has 2 rings (SSSR count). The van der Waals surface area contributed by atoms with E-state index >= 15 is 0 Å². The van der Waals surface area contributed by atoms with Gasteiger partial charge in [-0.05, 0) is 29.8 Å². The highest BCUT2D eigenvalue weighted by Crippen LogP contribution is 2.23. The monoisotopic (exact) mass is 301 g/mol. The third kappa shape index (κ3) is 2.93. The molecule has 106 valence electrons. The first-order chi connectivity index (χ1) is 9.29. The summed E-state index contributed by atoms with van der Waals surface area (Å²) >= 11 is 0. The van der Waals surface area contributed by atoms with Gasteiger partial charge in [0, 0.05) is 11.8 Å². The largest absolute Gasteiger partial charge is 0.398 e. The lowest BCUT2D eigenvalue weighted by Gasteiger charge is -2.08. The van der Waals surface area contributed by atoms with Crippen molar-refractivity contribution in [2.45, 2.75) is 10.6 Å². The Kier molecular flexibility index (Phi) is 3.71. The Morgan fingerprint density at radius 1 is 0.950 bits per heavy atom. The summed E-state index contributed by atoms with van der Waals surface area (Å²) in [6.45, 7) is 0. The maximum atomic E-state index is 13.5. The molecule has 0 saturated carbocycles. The van der Waals surface area contributed by atoms with Gasteiger partial charge in [0.25, 0.3) is 0 Å². The van der Waals surface area contributed by atoms with Crippen LogP contribution in [0.5, 0.6) is 0 Å². The van der Waals surface area contributed by atoms with Crippen molar-refractivity contribution in [1.29, 1.82) is 0 Å². The van der Waals surface area contributed by atoms with Crippen LogP contribution in [0, 0.1) is 17.5 Å². The minimum Gasteiger partial charge on any atom is -0.398 e. The Balaban J connectivity index is 2.41. The van der Waals surface area contributed by atoms with E-state index in [1.165, 1.54) is 6.07 Å². The second kappa shape index (κ2) is 5.16. The first-order valence-electron chi connectivity index (χ1n) is 5.51. The van der Waals surface area contributed by atoms with E-state index in [1.807, 2.05) is 0 Å². The summed E-state index contributed by atoms with van der Waals surface area (Å²) in [5.41, 5.74) is 5.61. The number of halogens is 3. The van der Waals surface area contributed by atoms with E-state index in [0.29, 0.717) is 6.07 Å². The van der Waals surface area contributed by atoms with Crippen LogP contribution in [-0.2, 0) is 15.6 Å². The van der Waals surface area contributed by atoms with Crippen molar-refractivity contribution in [3.8, 4) is 0 Å². The lowest BCUT2D eigenvalue weighted by atomic mass is 10.2.